The summed E-state index contributed by atoms with van der Waals surface area (Å²) in [4.78, 5) is 2.17. The molecule has 2 heterocycles. The Morgan fingerprint density at radius 2 is 1.95 bits per heavy atom. The van der Waals surface area contributed by atoms with E-state index in [0.717, 1.165) is 36.2 Å². The van der Waals surface area contributed by atoms with Crippen LogP contribution in [-0.2, 0) is 0 Å². The lowest BCUT2D eigenvalue weighted by Gasteiger charge is -2.34. The summed E-state index contributed by atoms with van der Waals surface area (Å²) in [5.74, 6) is 1.42. The lowest BCUT2D eigenvalue weighted by atomic mass is 10.0. The van der Waals surface area contributed by atoms with Crippen LogP contribution >= 0.6 is 15.9 Å². The van der Waals surface area contributed by atoms with Crippen molar-refractivity contribution in [3.8, 4) is 11.5 Å². The Morgan fingerprint density at radius 3 is 2.63 bits per heavy atom. The highest BCUT2D eigenvalue weighted by Gasteiger charge is 2.26. The number of alkyl halides is 1. The second kappa shape index (κ2) is 5.64. The molecule has 1 aromatic carbocycles. The van der Waals surface area contributed by atoms with E-state index in [9.17, 15) is 4.39 Å². The zero-order valence-corrected chi connectivity index (χ0v) is 12.1. The molecule has 0 bridgehead atoms. The average Bonchev–Trinajstić information content (AvgIpc) is 2.88. The Hall–Kier alpha value is -0.850. The lowest BCUT2D eigenvalue weighted by molar-refractivity contribution is 0.146. The van der Waals surface area contributed by atoms with Gasteiger partial charge in [0.05, 0.1) is 6.04 Å². The van der Waals surface area contributed by atoms with Crippen molar-refractivity contribution in [3.05, 3.63) is 22.2 Å². The van der Waals surface area contributed by atoms with Crippen LogP contribution in [0.5, 0.6) is 11.5 Å². The molecular weight excluding hydrogens is 315 g/mol. The van der Waals surface area contributed by atoms with Crippen molar-refractivity contribution in [1.29, 1.82) is 0 Å². The van der Waals surface area contributed by atoms with Crippen molar-refractivity contribution >= 4 is 15.9 Å². The molecule has 19 heavy (non-hydrogen) atoms. The number of hydrogen-bond acceptors (Lipinski definition) is 4. The second-order valence-electron chi connectivity index (χ2n) is 4.68. The van der Waals surface area contributed by atoms with Gasteiger partial charge < -0.3 is 14.8 Å². The third-order valence-electron chi connectivity index (χ3n) is 3.59. The maximum atomic E-state index is 13.5. The molecule has 3 rings (SSSR count). The third kappa shape index (κ3) is 2.57. The largest absolute Gasteiger partial charge is 0.454 e. The van der Waals surface area contributed by atoms with E-state index >= 15 is 0 Å². The van der Waals surface area contributed by atoms with E-state index in [1.165, 1.54) is 0 Å². The van der Waals surface area contributed by atoms with Crippen molar-refractivity contribution in [1.82, 2.24) is 10.2 Å². The molecule has 4 nitrogen and oxygen atoms in total. The van der Waals surface area contributed by atoms with Gasteiger partial charge in [0.2, 0.25) is 6.79 Å². The topological polar surface area (TPSA) is 33.7 Å². The van der Waals surface area contributed by atoms with Crippen LogP contribution in [0.4, 0.5) is 4.39 Å². The predicted octanol–water partition coefficient (Wildman–Crippen LogP) is 2.09. The van der Waals surface area contributed by atoms with Crippen molar-refractivity contribution in [3.63, 3.8) is 0 Å². The van der Waals surface area contributed by atoms with Gasteiger partial charge in [0.25, 0.3) is 0 Å². The van der Waals surface area contributed by atoms with Gasteiger partial charge in [0.1, 0.15) is 6.67 Å². The molecule has 0 radical (unpaired) electrons. The molecule has 1 saturated heterocycles. The Morgan fingerprint density at radius 1 is 1.26 bits per heavy atom. The van der Waals surface area contributed by atoms with E-state index in [1.807, 2.05) is 12.1 Å². The van der Waals surface area contributed by atoms with Crippen molar-refractivity contribution < 1.29 is 13.9 Å². The van der Waals surface area contributed by atoms with Crippen LogP contribution < -0.4 is 14.8 Å². The predicted molar refractivity (Wildman–Crippen MR) is 73.4 cm³/mol. The molecular formula is C13H16BrFN2O2. The van der Waals surface area contributed by atoms with E-state index in [4.69, 9.17) is 9.47 Å². The molecule has 0 aromatic heterocycles. The summed E-state index contributed by atoms with van der Waals surface area (Å²) in [7, 11) is 0. The molecule has 6 heteroatoms. The number of benzene rings is 1. The van der Waals surface area contributed by atoms with Crippen LogP contribution in [0.25, 0.3) is 0 Å². The van der Waals surface area contributed by atoms with Crippen LogP contribution in [0, 0.1) is 0 Å². The molecule has 0 amide bonds. The summed E-state index contributed by atoms with van der Waals surface area (Å²) in [6.45, 7) is 3.35. The Labute approximate surface area is 120 Å². The Bertz CT molecular complexity index is 466. The fraction of sp³-hybridized carbons (Fsp3) is 0.538. The van der Waals surface area contributed by atoms with E-state index < -0.39 is 6.67 Å². The number of fused-ring (bicyclic) bond motifs is 1. The van der Waals surface area contributed by atoms with Gasteiger partial charge in [-0.2, -0.15) is 0 Å². The van der Waals surface area contributed by atoms with Gasteiger partial charge in [-0.05, 0) is 17.7 Å². The first-order valence-electron chi connectivity index (χ1n) is 6.39. The number of nitrogens with zero attached hydrogens (tertiary/aromatic N) is 1. The fourth-order valence-electron chi connectivity index (χ4n) is 2.56. The standard InChI is InChI=1S/C13H16BrFN2O2/c14-10-6-13-12(18-8-19-13)5-9(10)11(7-15)17-3-1-16-2-4-17/h5-6,11,16H,1-4,7-8H2/t11-/m0/s1. The minimum absolute atomic E-state index is 0.231. The number of rotatable bonds is 3. The fourth-order valence-corrected chi connectivity index (χ4v) is 3.15. The molecule has 1 atom stereocenters. The summed E-state index contributed by atoms with van der Waals surface area (Å²) >= 11 is 3.51. The SMILES string of the molecule is FC[C@@H](c1cc2c(cc1Br)OCO2)N1CCNCC1. The third-order valence-corrected chi connectivity index (χ3v) is 4.28. The molecule has 0 aliphatic carbocycles. The molecule has 0 spiro atoms. The van der Waals surface area contributed by atoms with Gasteiger partial charge in [-0.15, -0.1) is 0 Å². The first-order chi connectivity index (χ1) is 9.29. The summed E-state index contributed by atoms with van der Waals surface area (Å²) in [6, 6.07) is 3.52. The maximum Gasteiger partial charge on any atom is 0.231 e. The maximum absolute atomic E-state index is 13.5. The highest BCUT2D eigenvalue weighted by Crippen LogP contribution is 2.40. The van der Waals surface area contributed by atoms with Gasteiger partial charge >= 0.3 is 0 Å². The first-order valence-corrected chi connectivity index (χ1v) is 7.18. The zero-order valence-electron chi connectivity index (χ0n) is 10.5. The van der Waals surface area contributed by atoms with E-state index in [1.54, 1.807) is 0 Å². The monoisotopic (exact) mass is 330 g/mol. The minimum atomic E-state index is -0.405. The summed E-state index contributed by atoms with van der Waals surface area (Å²) in [6.07, 6.45) is 0. The Balaban J connectivity index is 1.90. The van der Waals surface area contributed by atoms with E-state index in [0.29, 0.717) is 11.5 Å². The normalized spacial score (nSPS) is 20.5. The number of nitrogens with one attached hydrogen (secondary N) is 1. The van der Waals surface area contributed by atoms with Gasteiger partial charge in [0.15, 0.2) is 11.5 Å². The number of ether oxygens (including phenoxy) is 2. The van der Waals surface area contributed by atoms with Gasteiger partial charge in [0, 0.05) is 30.7 Å². The van der Waals surface area contributed by atoms with Crippen LogP contribution in [0.2, 0.25) is 0 Å². The van der Waals surface area contributed by atoms with Gasteiger partial charge in [-0.25, -0.2) is 4.39 Å². The Kier molecular flexibility index (Phi) is 3.91. The summed E-state index contributed by atoms with van der Waals surface area (Å²) in [5, 5.41) is 3.28. The number of hydrogen-bond donors (Lipinski definition) is 1. The number of piperazine rings is 1. The molecule has 1 aromatic rings. The molecule has 1 N–H and O–H groups in total. The smallest absolute Gasteiger partial charge is 0.231 e. The highest BCUT2D eigenvalue weighted by atomic mass is 79.9. The highest BCUT2D eigenvalue weighted by molar-refractivity contribution is 9.10. The van der Waals surface area contributed by atoms with Crippen LogP contribution in [0.15, 0.2) is 16.6 Å². The second-order valence-corrected chi connectivity index (χ2v) is 5.54. The quantitative estimate of drug-likeness (QED) is 0.920. The molecule has 104 valence electrons. The van der Waals surface area contributed by atoms with E-state index in [2.05, 4.69) is 26.1 Å². The molecule has 1 fully saturated rings. The molecule has 0 unspecified atom stereocenters. The van der Waals surface area contributed by atoms with Crippen molar-refractivity contribution in [2.45, 2.75) is 6.04 Å². The summed E-state index contributed by atoms with van der Waals surface area (Å²) in [5.41, 5.74) is 0.925. The first kappa shape index (κ1) is 13.1. The summed E-state index contributed by atoms with van der Waals surface area (Å²) < 4.78 is 25.1. The van der Waals surface area contributed by atoms with Gasteiger partial charge in [-0.1, -0.05) is 15.9 Å². The minimum Gasteiger partial charge on any atom is -0.454 e. The molecule has 0 saturated carbocycles. The molecule has 2 aliphatic heterocycles. The van der Waals surface area contributed by atoms with Crippen LogP contribution in [0.1, 0.15) is 11.6 Å². The van der Waals surface area contributed by atoms with Crippen LogP contribution in [-0.4, -0.2) is 44.5 Å². The van der Waals surface area contributed by atoms with Crippen molar-refractivity contribution in [2.75, 3.05) is 39.6 Å². The lowest BCUT2D eigenvalue weighted by Crippen LogP contribution is -2.45. The number of halogens is 2. The van der Waals surface area contributed by atoms with Gasteiger partial charge in [-0.3, -0.25) is 4.90 Å². The van der Waals surface area contributed by atoms with E-state index in [-0.39, 0.29) is 12.8 Å². The average molecular weight is 331 g/mol. The van der Waals surface area contributed by atoms with Crippen molar-refractivity contribution in [2.24, 2.45) is 0 Å². The zero-order chi connectivity index (χ0) is 13.2. The van der Waals surface area contributed by atoms with Crippen LogP contribution in [0.3, 0.4) is 0 Å². The molecule has 2 aliphatic rings.